The maximum atomic E-state index is 12.2. The highest BCUT2D eigenvalue weighted by molar-refractivity contribution is 8.00. The molecule has 0 fully saturated rings. The molecule has 0 aliphatic heterocycles. The van der Waals surface area contributed by atoms with Gasteiger partial charge >= 0.3 is 5.97 Å². The number of carbonyl (C=O) groups is 3. The van der Waals surface area contributed by atoms with Crippen LogP contribution < -0.4 is 5.32 Å². The molecule has 0 radical (unpaired) electrons. The molecule has 1 amide bonds. The van der Waals surface area contributed by atoms with Crippen LogP contribution >= 0.6 is 11.8 Å². The first-order valence-corrected chi connectivity index (χ1v) is 9.15. The summed E-state index contributed by atoms with van der Waals surface area (Å²) >= 11 is 1.37. The molecule has 5 nitrogen and oxygen atoms in total. The number of esters is 1. The lowest BCUT2D eigenvalue weighted by atomic mass is 10.1. The van der Waals surface area contributed by atoms with Crippen LogP contribution in [0.5, 0.6) is 0 Å². The number of rotatable bonds is 7. The van der Waals surface area contributed by atoms with Gasteiger partial charge in [0.15, 0.2) is 11.9 Å². The quantitative estimate of drug-likeness (QED) is 0.454. The minimum absolute atomic E-state index is 0.118. The van der Waals surface area contributed by atoms with Gasteiger partial charge < -0.3 is 10.1 Å². The Labute approximate surface area is 157 Å². The molecule has 2 aromatic carbocycles. The van der Waals surface area contributed by atoms with Gasteiger partial charge in [-0.15, -0.1) is 11.8 Å². The van der Waals surface area contributed by atoms with Gasteiger partial charge in [0.05, 0.1) is 11.4 Å². The van der Waals surface area contributed by atoms with Crippen molar-refractivity contribution in [3.8, 4) is 0 Å². The number of hydrogen-bond acceptors (Lipinski definition) is 5. The van der Waals surface area contributed by atoms with Crippen molar-refractivity contribution in [1.82, 2.24) is 0 Å². The molecule has 1 atom stereocenters. The number of anilines is 1. The van der Waals surface area contributed by atoms with E-state index in [2.05, 4.69) is 5.32 Å². The van der Waals surface area contributed by atoms with Crippen LogP contribution in [-0.4, -0.2) is 29.5 Å². The molecule has 0 heterocycles. The zero-order valence-corrected chi connectivity index (χ0v) is 15.8. The van der Waals surface area contributed by atoms with E-state index < -0.39 is 18.0 Å². The largest absolute Gasteiger partial charge is 0.452 e. The maximum Gasteiger partial charge on any atom is 0.317 e. The van der Waals surface area contributed by atoms with Crippen LogP contribution in [0.25, 0.3) is 0 Å². The fraction of sp³-hybridized carbons (Fsp3) is 0.250. The van der Waals surface area contributed by atoms with E-state index >= 15 is 0 Å². The van der Waals surface area contributed by atoms with Crippen molar-refractivity contribution in [2.24, 2.45) is 0 Å². The molecule has 0 aromatic heterocycles. The number of ether oxygens (including phenoxy) is 1. The Morgan fingerprint density at radius 3 is 2.42 bits per heavy atom. The van der Waals surface area contributed by atoms with Gasteiger partial charge in [-0.25, -0.2) is 0 Å². The Balaban J connectivity index is 1.90. The van der Waals surface area contributed by atoms with Crippen molar-refractivity contribution < 1.29 is 19.1 Å². The number of hydrogen-bond donors (Lipinski definition) is 1. The average Bonchev–Trinajstić information content (AvgIpc) is 2.61. The van der Waals surface area contributed by atoms with Crippen LogP contribution in [0.1, 0.15) is 29.8 Å². The number of nitrogens with one attached hydrogen (secondary N) is 1. The van der Waals surface area contributed by atoms with E-state index in [0.717, 1.165) is 10.5 Å². The summed E-state index contributed by atoms with van der Waals surface area (Å²) < 4.78 is 5.19. The van der Waals surface area contributed by atoms with Crippen LogP contribution in [0.3, 0.4) is 0 Å². The molecular weight excluding hydrogens is 350 g/mol. The summed E-state index contributed by atoms with van der Waals surface area (Å²) in [5.41, 5.74) is 1.90. The number of carbonyl (C=O) groups excluding carboxylic acids is 3. The summed E-state index contributed by atoms with van der Waals surface area (Å²) in [6, 6.07) is 14.4. The Bertz CT molecular complexity index is 819. The molecule has 26 heavy (non-hydrogen) atoms. The fourth-order valence-electron chi connectivity index (χ4n) is 2.27. The summed E-state index contributed by atoms with van der Waals surface area (Å²) in [6.07, 6.45) is -0.958. The topological polar surface area (TPSA) is 72.5 Å². The predicted molar refractivity (Wildman–Crippen MR) is 103 cm³/mol. The summed E-state index contributed by atoms with van der Waals surface area (Å²) in [6.45, 7) is 4.90. The third kappa shape index (κ3) is 5.46. The zero-order chi connectivity index (χ0) is 19.1. The SMILES string of the molecule is CC(=O)c1ccccc1NC(=O)[C@@H](C)OC(=O)CSc1ccccc1C. The summed E-state index contributed by atoms with van der Waals surface area (Å²) in [5.74, 6) is -0.985. The van der Waals surface area contributed by atoms with E-state index in [0.29, 0.717) is 11.3 Å². The van der Waals surface area contributed by atoms with Crippen molar-refractivity contribution in [3.63, 3.8) is 0 Å². The Morgan fingerprint density at radius 2 is 1.73 bits per heavy atom. The van der Waals surface area contributed by atoms with Gasteiger partial charge in [-0.3, -0.25) is 14.4 Å². The lowest BCUT2D eigenvalue weighted by Gasteiger charge is -2.15. The second kappa shape index (κ2) is 9.20. The fourth-order valence-corrected chi connectivity index (χ4v) is 3.09. The highest BCUT2D eigenvalue weighted by Gasteiger charge is 2.19. The molecule has 0 saturated heterocycles. The van der Waals surface area contributed by atoms with Gasteiger partial charge in [-0.1, -0.05) is 30.3 Å². The molecule has 0 aliphatic carbocycles. The van der Waals surface area contributed by atoms with Crippen molar-refractivity contribution in [2.75, 3.05) is 11.1 Å². The second-order valence-corrected chi connectivity index (χ2v) is 6.79. The third-order valence-corrected chi connectivity index (χ3v) is 4.83. The van der Waals surface area contributed by atoms with Crippen LogP contribution in [0, 0.1) is 6.92 Å². The standard InChI is InChI=1S/C20H21NO4S/c1-13-8-4-7-11-18(13)26-12-19(23)25-15(3)20(24)21-17-10-6-5-9-16(17)14(2)22/h4-11,15H,12H2,1-3H3,(H,21,24)/t15-/m1/s1. The van der Waals surface area contributed by atoms with E-state index in [4.69, 9.17) is 4.74 Å². The Morgan fingerprint density at radius 1 is 1.08 bits per heavy atom. The van der Waals surface area contributed by atoms with E-state index in [1.807, 2.05) is 31.2 Å². The number of para-hydroxylation sites is 1. The van der Waals surface area contributed by atoms with Crippen molar-refractivity contribution in [3.05, 3.63) is 59.7 Å². The average molecular weight is 371 g/mol. The molecule has 0 spiro atoms. The van der Waals surface area contributed by atoms with Crippen LogP contribution in [0.4, 0.5) is 5.69 Å². The van der Waals surface area contributed by atoms with Crippen molar-refractivity contribution >= 4 is 35.1 Å². The van der Waals surface area contributed by atoms with Gasteiger partial charge in [0.2, 0.25) is 0 Å². The Hall–Kier alpha value is -2.60. The molecular formula is C20H21NO4S. The lowest BCUT2D eigenvalue weighted by molar-refractivity contribution is -0.150. The predicted octanol–water partition coefficient (Wildman–Crippen LogP) is 3.86. The molecule has 0 aliphatic rings. The number of aryl methyl sites for hydroxylation is 1. The van der Waals surface area contributed by atoms with Crippen molar-refractivity contribution in [2.45, 2.75) is 31.8 Å². The molecule has 2 rings (SSSR count). The molecule has 0 unspecified atom stereocenters. The molecule has 6 heteroatoms. The zero-order valence-electron chi connectivity index (χ0n) is 14.9. The first-order valence-electron chi connectivity index (χ1n) is 8.17. The summed E-state index contributed by atoms with van der Waals surface area (Å²) in [5, 5.41) is 2.64. The molecule has 1 N–H and O–H groups in total. The van der Waals surface area contributed by atoms with Crippen LogP contribution in [0.2, 0.25) is 0 Å². The van der Waals surface area contributed by atoms with Gasteiger partial charge in [0.1, 0.15) is 0 Å². The molecule has 136 valence electrons. The van der Waals surface area contributed by atoms with Gasteiger partial charge in [0.25, 0.3) is 5.91 Å². The van der Waals surface area contributed by atoms with E-state index in [1.54, 1.807) is 24.3 Å². The first kappa shape index (κ1) is 19.7. The number of ketones is 1. The number of amides is 1. The van der Waals surface area contributed by atoms with Crippen molar-refractivity contribution in [1.29, 1.82) is 0 Å². The van der Waals surface area contributed by atoms with E-state index in [9.17, 15) is 14.4 Å². The smallest absolute Gasteiger partial charge is 0.317 e. The lowest BCUT2D eigenvalue weighted by Crippen LogP contribution is -2.31. The minimum Gasteiger partial charge on any atom is -0.452 e. The summed E-state index contributed by atoms with van der Waals surface area (Å²) in [7, 11) is 0. The highest BCUT2D eigenvalue weighted by atomic mass is 32.2. The highest BCUT2D eigenvalue weighted by Crippen LogP contribution is 2.22. The van der Waals surface area contributed by atoms with E-state index in [1.165, 1.54) is 25.6 Å². The van der Waals surface area contributed by atoms with E-state index in [-0.39, 0.29) is 11.5 Å². The first-order chi connectivity index (χ1) is 12.4. The van der Waals surface area contributed by atoms with Crippen LogP contribution in [0.15, 0.2) is 53.4 Å². The molecule has 2 aromatic rings. The monoisotopic (exact) mass is 371 g/mol. The number of benzene rings is 2. The van der Waals surface area contributed by atoms with Crippen LogP contribution in [-0.2, 0) is 14.3 Å². The second-order valence-electron chi connectivity index (χ2n) is 5.78. The molecule has 0 bridgehead atoms. The number of Topliss-reactive ketones (excluding diaryl/α,β-unsaturated/α-hetero) is 1. The number of thioether (sulfide) groups is 1. The normalized spacial score (nSPS) is 11.5. The van der Waals surface area contributed by atoms with Gasteiger partial charge in [-0.2, -0.15) is 0 Å². The third-order valence-electron chi connectivity index (χ3n) is 3.68. The molecule has 0 saturated carbocycles. The summed E-state index contributed by atoms with van der Waals surface area (Å²) in [4.78, 5) is 36.8. The Kier molecular flexibility index (Phi) is 6.97. The van der Waals surface area contributed by atoms with Gasteiger partial charge in [0, 0.05) is 10.5 Å². The van der Waals surface area contributed by atoms with Gasteiger partial charge in [-0.05, 0) is 44.5 Å². The maximum absolute atomic E-state index is 12.2. The minimum atomic E-state index is -0.958.